The predicted molar refractivity (Wildman–Crippen MR) is 92.4 cm³/mol. The number of nitrogens with zero attached hydrogens (tertiary/aromatic N) is 3. The molecule has 0 fully saturated rings. The maximum absolute atomic E-state index is 13.0. The lowest BCUT2D eigenvalue weighted by atomic mass is 10.1. The summed E-state index contributed by atoms with van der Waals surface area (Å²) in [6.45, 7) is 1.93. The van der Waals surface area contributed by atoms with Crippen LogP contribution >= 0.6 is 11.3 Å². The second-order valence-electron chi connectivity index (χ2n) is 5.51. The van der Waals surface area contributed by atoms with Crippen LogP contribution in [-0.4, -0.2) is 20.7 Å². The van der Waals surface area contributed by atoms with Crippen LogP contribution in [0.2, 0.25) is 0 Å². The summed E-state index contributed by atoms with van der Waals surface area (Å²) in [5, 5.41) is 9.46. The van der Waals surface area contributed by atoms with Crippen molar-refractivity contribution >= 4 is 22.4 Å². The number of halogens is 1. The molecule has 0 unspecified atom stereocenters. The molecule has 0 saturated heterocycles. The van der Waals surface area contributed by atoms with Crippen LogP contribution in [0.4, 0.5) is 9.52 Å². The molecule has 3 rings (SSSR count). The molecule has 7 heteroatoms. The fourth-order valence-corrected chi connectivity index (χ4v) is 3.14. The summed E-state index contributed by atoms with van der Waals surface area (Å²) in [6.07, 6.45) is 2.94. The Labute approximate surface area is 143 Å². The topological polar surface area (TPSA) is 59.8 Å². The Morgan fingerprint density at radius 1 is 1.33 bits per heavy atom. The van der Waals surface area contributed by atoms with Gasteiger partial charge in [0.05, 0.1) is 11.4 Å². The lowest BCUT2D eigenvalue weighted by Gasteiger charge is -2.01. The van der Waals surface area contributed by atoms with Crippen molar-refractivity contribution in [2.24, 2.45) is 7.05 Å². The molecule has 1 N–H and O–H groups in total. The highest BCUT2D eigenvalue weighted by Gasteiger charge is 2.10. The summed E-state index contributed by atoms with van der Waals surface area (Å²) in [5.41, 5.74) is 3.55. The zero-order valence-electron chi connectivity index (χ0n) is 13.4. The van der Waals surface area contributed by atoms with E-state index in [2.05, 4.69) is 15.4 Å². The van der Waals surface area contributed by atoms with Crippen molar-refractivity contribution in [3.8, 4) is 11.3 Å². The van der Waals surface area contributed by atoms with Crippen molar-refractivity contribution in [1.29, 1.82) is 0 Å². The predicted octanol–water partition coefficient (Wildman–Crippen LogP) is 3.56. The molecular weight excluding hydrogens is 327 g/mol. The van der Waals surface area contributed by atoms with Gasteiger partial charge >= 0.3 is 0 Å². The van der Waals surface area contributed by atoms with Gasteiger partial charge in [0, 0.05) is 30.6 Å². The Morgan fingerprint density at radius 3 is 2.75 bits per heavy atom. The Bertz CT molecular complexity index is 854. The van der Waals surface area contributed by atoms with Gasteiger partial charge in [-0.2, -0.15) is 5.10 Å². The molecule has 124 valence electrons. The minimum absolute atomic E-state index is 0.0849. The third-order valence-electron chi connectivity index (χ3n) is 3.63. The number of aryl methyl sites for hydroxylation is 3. The van der Waals surface area contributed by atoms with Crippen molar-refractivity contribution < 1.29 is 9.18 Å². The van der Waals surface area contributed by atoms with Crippen molar-refractivity contribution in [2.75, 3.05) is 5.32 Å². The number of hydrogen-bond acceptors (Lipinski definition) is 4. The number of carbonyl (C=O) groups is 1. The minimum Gasteiger partial charge on any atom is -0.302 e. The maximum Gasteiger partial charge on any atom is 0.226 e. The van der Waals surface area contributed by atoms with Crippen molar-refractivity contribution in [2.45, 2.75) is 19.8 Å². The van der Waals surface area contributed by atoms with Crippen LogP contribution in [0.25, 0.3) is 11.3 Å². The van der Waals surface area contributed by atoms with Crippen LogP contribution in [0.1, 0.15) is 17.7 Å². The smallest absolute Gasteiger partial charge is 0.226 e. The molecule has 1 aromatic carbocycles. The summed E-state index contributed by atoms with van der Waals surface area (Å²) in [5.74, 6) is -0.369. The Hall–Kier alpha value is -2.54. The van der Waals surface area contributed by atoms with E-state index in [9.17, 15) is 9.18 Å². The highest BCUT2D eigenvalue weighted by molar-refractivity contribution is 7.14. The number of anilines is 1. The van der Waals surface area contributed by atoms with Crippen LogP contribution in [-0.2, 0) is 18.3 Å². The van der Waals surface area contributed by atoms with Crippen molar-refractivity contribution in [3.05, 3.63) is 52.9 Å². The second kappa shape index (κ2) is 6.92. The number of thiazole rings is 1. The Kier molecular flexibility index (Phi) is 4.71. The van der Waals surface area contributed by atoms with Crippen molar-refractivity contribution in [1.82, 2.24) is 14.8 Å². The van der Waals surface area contributed by atoms with E-state index >= 15 is 0 Å². The third kappa shape index (κ3) is 3.86. The molecule has 0 aliphatic heterocycles. The van der Waals surface area contributed by atoms with Crippen molar-refractivity contribution in [3.63, 3.8) is 0 Å². The largest absolute Gasteiger partial charge is 0.302 e. The Balaban J connectivity index is 1.59. The first-order valence-electron chi connectivity index (χ1n) is 7.51. The number of amides is 1. The average molecular weight is 344 g/mol. The van der Waals surface area contributed by atoms with E-state index in [1.54, 1.807) is 16.8 Å². The van der Waals surface area contributed by atoms with E-state index in [0.29, 0.717) is 18.0 Å². The summed E-state index contributed by atoms with van der Waals surface area (Å²) in [4.78, 5) is 16.4. The SMILES string of the molecule is Cc1nn(C)cc1CCC(=O)Nc1nc(-c2ccc(F)cc2)cs1. The summed E-state index contributed by atoms with van der Waals surface area (Å²) < 4.78 is 14.7. The maximum atomic E-state index is 13.0. The van der Waals surface area contributed by atoms with Gasteiger partial charge in [-0.1, -0.05) is 0 Å². The van der Waals surface area contributed by atoms with Crippen LogP contribution < -0.4 is 5.32 Å². The van der Waals surface area contributed by atoms with Gasteiger partial charge < -0.3 is 5.32 Å². The van der Waals surface area contributed by atoms with E-state index in [0.717, 1.165) is 22.5 Å². The first-order chi connectivity index (χ1) is 11.5. The number of rotatable bonds is 5. The van der Waals surface area contributed by atoms with Gasteiger partial charge in [-0.15, -0.1) is 11.3 Å². The number of carbonyl (C=O) groups excluding carboxylic acids is 1. The molecule has 2 heterocycles. The number of hydrogen-bond donors (Lipinski definition) is 1. The molecule has 1 amide bonds. The van der Waals surface area contributed by atoms with Gasteiger partial charge in [0.25, 0.3) is 0 Å². The second-order valence-corrected chi connectivity index (χ2v) is 6.36. The van der Waals surface area contributed by atoms with Crippen LogP contribution in [0.5, 0.6) is 0 Å². The zero-order chi connectivity index (χ0) is 17.1. The number of nitrogens with one attached hydrogen (secondary N) is 1. The molecule has 0 atom stereocenters. The van der Waals surface area contributed by atoms with Gasteiger partial charge in [0.2, 0.25) is 5.91 Å². The van der Waals surface area contributed by atoms with Gasteiger partial charge in [-0.05, 0) is 43.2 Å². The molecule has 0 radical (unpaired) electrons. The molecule has 0 saturated carbocycles. The normalized spacial score (nSPS) is 10.8. The van der Waals surface area contributed by atoms with E-state index in [-0.39, 0.29) is 11.7 Å². The molecule has 0 aliphatic rings. The molecule has 5 nitrogen and oxygen atoms in total. The summed E-state index contributed by atoms with van der Waals surface area (Å²) in [7, 11) is 1.86. The summed E-state index contributed by atoms with van der Waals surface area (Å²) in [6, 6.07) is 6.12. The third-order valence-corrected chi connectivity index (χ3v) is 4.38. The average Bonchev–Trinajstić information content (AvgIpc) is 3.12. The lowest BCUT2D eigenvalue weighted by Crippen LogP contribution is -2.12. The quantitative estimate of drug-likeness (QED) is 0.770. The van der Waals surface area contributed by atoms with Gasteiger partial charge in [0.15, 0.2) is 5.13 Å². The minimum atomic E-state index is -0.284. The highest BCUT2D eigenvalue weighted by atomic mass is 32.1. The highest BCUT2D eigenvalue weighted by Crippen LogP contribution is 2.25. The zero-order valence-corrected chi connectivity index (χ0v) is 14.2. The van der Waals surface area contributed by atoms with Gasteiger partial charge in [-0.3, -0.25) is 9.48 Å². The van der Waals surface area contributed by atoms with E-state index in [4.69, 9.17) is 0 Å². The molecule has 24 heavy (non-hydrogen) atoms. The fraction of sp³-hybridized carbons (Fsp3) is 0.235. The molecule has 0 bridgehead atoms. The van der Waals surface area contributed by atoms with Gasteiger partial charge in [-0.25, -0.2) is 9.37 Å². The van der Waals surface area contributed by atoms with E-state index in [1.165, 1.54) is 23.5 Å². The molecular formula is C17H17FN4OS. The molecule has 0 aliphatic carbocycles. The fourth-order valence-electron chi connectivity index (χ4n) is 2.41. The van der Waals surface area contributed by atoms with Gasteiger partial charge in [0.1, 0.15) is 5.82 Å². The first-order valence-corrected chi connectivity index (χ1v) is 8.39. The number of benzene rings is 1. The van der Waals surface area contributed by atoms with E-state index < -0.39 is 0 Å². The molecule has 0 spiro atoms. The summed E-state index contributed by atoms with van der Waals surface area (Å²) >= 11 is 1.35. The Morgan fingerprint density at radius 2 is 2.08 bits per heavy atom. The molecule has 2 aromatic heterocycles. The van der Waals surface area contributed by atoms with Crippen LogP contribution in [0, 0.1) is 12.7 Å². The van der Waals surface area contributed by atoms with Crippen LogP contribution in [0.15, 0.2) is 35.8 Å². The van der Waals surface area contributed by atoms with E-state index in [1.807, 2.05) is 25.5 Å². The lowest BCUT2D eigenvalue weighted by molar-refractivity contribution is -0.116. The monoisotopic (exact) mass is 344 g/mol. The van der Waals surface area contributed by atoms with Crippen LogP contribution in [0.3, 0.4) is 0 Å². The number of aromatic nitrogens is 3. The standard InChI is InChI=1S/C17H17FN4OS/c1-11-13(9-22(2)21-11)5-8-16(23)20-17-19-15(10-24-17)12-3-6-14(18)7-4-12/h3-4,6-7,9-10H,5,8H2,1-2H3,(H,19,20,23). The molecule has 3 aromatic rings. The first kappa shape index (κ1) is 16.3.